The average Bonchev–Trinajstić information content (AvgIpc) is 2.40. The molecule has 2 unspecified atom stereocenters. The number of ether oxygens (including phenoxy) is 1. The van der Waals surface area contributed by atoms with Gasteiger partial charge in [-0.05, 0) is 44.9 Å². The van der Waals surface area contributed by atoms with Gasteiger partial charge in [-0.2, -0.15) is 0 Å². The molecule has 0 aliphatic carbocycles. The van der Waals surface area contributed by atoms with E-state index in [2.05, 4.69) is 0 Å². The standard InChI is InChI=1S/C14H22N2O3.C2H6/c1-14(2,3)19-10-6-4-9(5-7-10)8-11(15)12(17)13(16)18;1-2/h4-7,11-12,17H,8,15H2,1-3H3,(H2,16,18);1-2H3. The molecule has 5 N–H and O–H groups in total. The maximum Gasteiger partial charge on any atom is 0.247 e. The Morgan fingerprint density at radius 3 is 2.10 bits per heavy atom. The van der Waals surface area contributed by atoms with Gasteiger partial charge in [0.25, 0.3) is 0 Å². The molecule has 0 saturated carbocycles. The summed E-state index contributed by atoms with van der Waals surface area (Å²) in [6, 6.07) is 6.68. The van der Waals surface area contributed by atoms with Crippen LogP contribution in [0.1, 0.15) is 40.2 Å². The number of hydrogen-bond acceptors (Lipinski definition) is 4. The lowest BCUT2D eigenvalue weighted by Gasteiger charge is -2.21. The van der Waals surface area contributed by atoms with Gasteiger partial charge in [0.05, 0.1) is 0 Å². The van der Waals surface area contributed by atoms with Crippen LogP contribution in [0.15, 0.2) is 24.3 Å². The Labute approximate surface area is 127 Å². The number of nitrogens with two attached hydrogens (primary N) is 2. The lowest BCUT2D eigenvalue weighted by Crippen LogP contribution is -2.45. The lowest BCUT2D eigenvalue weighted by atomic mass is 10.0. The number of hydrogen-bond donors (Lipinski definition) is 3. The fourth-order valence-corrected chi connectivity index (χ4v) is 1.64. The molecule has 5 heteroatoms. The second kappa shape index (κ2) is 8.64. The smallest absolute Gasteiger partial charge is 0.247 e. The highest BCUT2D eigenvalue weighted by Gasteiger charge is 2.20. The van der Waals surface area contributed by atoms with Crippen LogP contribution in [-0.4, -0.2) is 28.8 Å². The predicted molar refractivity (Wildman–Crippen MR) is 85.1 cm³/mol. The zero-order valence-corrected chi connectivity index (χ0v) is 13.6. The van der Waals surface area contributed by atoms with Crippen molar-refractivity contribution in [3.8, 4) is 5.75 Å². The molecule has 5 nitrogen and oxygen atoms in total. The molecule has 0 aliphatic heterocycles. The Bertz CT molecular complexity index is 424. The number of amides is 1. The Balaban J connectivity index is 0.00000191. The van der Waals surface area contributed by atoms with Crippen molar-refractivity contribution in [1.82, 2.24) is 0 Å². The maximum absolute atomic E-state index is 10.8. The number of primary amides is 1. The van der Waals surface area contributed by atoms with E-state index in [4.69, 9.17) is 16.2 Å². The van der Waals surface area contributed by atoms with Crippen LogP contribution in [0.3, 0.4) is 0 Å². The number of rotatable bonds is 5. The monoisotopic (exact) mass is 296 g/mol. The quantitative estimate of drug-likeness (QED) is 0.768. The molecule has 0 spiro atoms. The molecule has 0 aliphatic rings. The molecule has 0 aromatic heterocycles. The van der Waals surface area contributed by atoms with Gasteiger partial charge in [0.15, 0.2) is 0 Å². The zero-order chi connectivity index (χ0) is 16.6. The number of carbonyl (C=O) groups excluding carboxylic acids is 1. The van der Waals surface area contributed by atoms with Gasteiger partial charge in [-0.1, -0.05) is 26.0 Å². The molecule has 1 aromatic carbocycles. The SMILES string of the molecule is CC.CC(C)(C)Oc1ccc(CC(N)C(O)C(N)=O)cc1. The summed E-state index contributed by atoms with van der Waals surface area (Å²) in [7, 11) is 0. The Morgan fingerprint density at radius 2 is 1.71 bits per heavy atom. The van der Waals surface area contributed by atoms with Crippen LogP contribution >= 0.6 is 0 Å². The third-order valence-electron chi connectivity index (χ3n) is 2.52. The number of aliphatic hydroxyl groups excluding tert-OH is 1. The van der Waals surface area contributed by atoms with E-state index in [1.54, 1.807) is 0 Å². The highest BCUT2D eigenvalue weighted by Crippen LogP contribution is 2.19. The normalized spacial score (nSPS) is 13.7. The van der Waals surface area contributed by atoms with E-state index in [1.165, 1.54) is 0 Å². The van der Waals surface area contributed by atoms with E-state index in [1.807, 2.05) is 58.9 Å². The van der Waals surface area contributed by atoms with E-state index in [-0.39, 0.29) is 5.60 Å². The van der Waals surface area contributed by atoms with Crippen molar-refractivity contribution >= 4 is 5.91 Å². The molecule has 0 radical (unpaired) electrons. The molecular weight excluding hydrogens is 268 g/mol. The molecule has 0 bridgehead atoms. The predicted octanol–water partition coefficient (Wildman–Crippen LogP) is 1.61. The zero-order valence-electron chi connectivity index (χ0n) is 13.6. The van der Waals surface area contributed by atoms with Gasteiger partial charge in [-0.3, -0.25) is 4.79 Å². The number of benzene rings is 1. The molecule has 120 valence electrons. The van der Waals surface area contributed by atoms with Gasteiger partial charge in [-0.25, -0.2) is 0 Å². The molecule has 1 rings (SSSR count). The van der Waals surface area contributed by atoms with Crippen molar-refractivity contribution < 1.29 is 14.6 Å². The molecular formula is C16H28N2O3. The van der Waals surface area contributed by atoms with E-state index in [9.17, 15) is 9.90 Å². The molecule has 0 saturated heterocycles. The van der Waals surface area contributed by atoms with Gasteiger partial charge in [-0.15, -0.1) is 0 Å². The van der Waals surface area contributed by atoms with Crippen LogP contribution in [-0.2, 0) is 11.2 Å². The van der Waals surface area contributed by atoms with Gasteiger partial charge in [0.2, 0.25) is 5.91 Å². The highest BCUT2D eigenvalue weighted by molar-refractivity contribution is 5.79. The Hall–Kier alpha value is -1.59. The van der Waals surface area contributed by atoms with Crippen LogP contribution < -0.4 is 16.2 Å². The second-order valence-corrected chi connectivity index (χ2v) is 5.57. The minimum Gasteiger partial charge on any atom is -0.488 e. The molecule has 21 heavy (non-hydrogen) atoms. The maximum atomic E-state index is 10.8. The minimum atomic E-state index is -1.33. The van der Waals surface area contributed by atoms with Crippen molar-refractivity contribution in [2.45, 2.75) is 58.8 Å². The van der Waals surface area contributed by atoms with Crippen LogP contribution in [0, 0.1) is 0 Å². The number of aliphatic hydroxyl groups is 1. The largest absolute Gasteiger partial charge is 0.488 e. The first-order valence-corrected chi connectivity index (χ1v) is 7.20. The third-order valence-corrected chi connectivity index (χ3v) is 2.52. The van der Waals surface area contributed by atoms with Crippen LogP contribution in [0.4, 0.5) is 0 Å². The average molecular weight is 296 g/mol. The van der Waals surface area contributed by atoms with E-state index in [0.29, 0.717) is 6.42 Å². The molecule has 0 fully saturated rings. The first-order valence-electron chi connectivity index (χ1n) is 7.20. The Kier molecular flexibility index (Phi) is 7.99. The summed E-state index contributed by atoms with van der Waals surface area (Å²) >= 11 is 0. The van der Waals surface area contributed by atoms with E-state index in [0.717, 1.165) is 11.3 Å². The highest BCUT2D eigenvalue weighted by atomic mass is 16.5. The first-order chi connectivity index (χ1) is 9.69. The minimum absolute atomic E-state index is 0.250. The molecule has 1 amide bonds. The van der Waals surface area contributed by atoms with Gasteiger partial charge in [0.1, 0.15) is 17.5 Å². The summed E-state index contributed by atoms with van der Waals surface area (Å²) in [6.45, 7) is 9.92. The van der Waals surface area contributed by atoms with Crippen molar-refractivity contribution in [2.24, 2.45) is 11.5 Å². The van der Waals surface area contributed by atoms with Crippen LogP contribution in [0.2, 0.25) is 0 Å². The third kappa shape index (κ3) is 7.68. The van der Waals surface area contributed by atoms with Gasteiger partial charge in [0, 0.05) is 6.04 Å². The fourth-order valence-electron chi connectivity index (χ4n) is 1.64. The topological polar surface area (TPSA) is 98.6 Å². The van der Waals surface area contributed by atoms with Crippen molar-refractivity contribution in [3.05, 3.63) is 29.8 Å². The summed E-state index contributed by atoms with van der Waals surface area (Å²) in [5.74, 6) is -0.0412. The second-order valence-electron chi connectivity index (χ2n) is 5.57. The summed E-state index contributed by atoms with van der Waals surface area (Å²) in [4.78, 5) is 10.8. The van der Waals surface area contributed by atoms with Crippen molar-refractivity contribution in [2.75, 3.05) is 0 Å². The summed E-state index contributed by atoms with van der Waals surface area (Å²) < 4.78 is 5.69. The van der Waals surface area contributed by atoms with Gasteiger partial charge >= 0.3 is 0 Å². The summed E-state index contributed by atoms with van der Waals surface area (Å²) in [5, 5.41) is 9.44. The summed E-state index contributed by atoms with van der Waals surface area (Å²) in [5.41, 5.74) is 11.4. The van der Waals surface area contributed by atoms with Crippen LogP contribution in [0.5, 0.6) is 5.75 Å². The van der Waals surface area contributed by atoms with Crippen LogP contribution in [0.25, 0.3) is 0 Å². The number of carbonyl (C=O) groups is 1. The Morgan fingerprint density at radius 1 is 1.24 bits per heavy atom. The molecule has 2 atom stereocenters. The fraction of sp³-hybridized carbons (Fsp3) is 0.562. The van der Waals surface area contributed by atoms with E-state index < -0.39 is 18.1 Å². The van der Waals surface area contributed by atoms with Crippen molar-refractivity contribution in [3.63, 3.8) is 0 Å². The molecule has 0 heterocycles. The summed E-state index contributed by atoms with van der Waals surface area (Å²) in [6.07, 6.45) is -0.953. The molecule has 1 aromatic rings. The van der Waals surface area contributed by atoms with E-state index >= 15 is 0 Å². The van der Waals surface area contributed by atoms with Crippen molar-refractivity contribution in [1.29, 1.82) is 0 Å². The first kappa shape index (κ1) is 19.4. The lowest BCUT2D eigenvalue weighted by molar-refractivity contribution is -0.126. The van der Waals surface area contributed by atoms with Gasteiger partial charge < -0.3 is 21.3 Å².